The van der Waals surface area contributed by atoms with Crippen LogP contribution in [-0.4, -0.2) is 25.2 Å². The summed E-state index contributed by atoms with van der Waals surface area (Å²) in [7, 11) is -3.89. The Balaban J connectivity index is 2.41. The molecular formula is C16H20N2O4S. The topological polar surface area (TPSA) is 109 Å². The number of rotatable bonds is 5. The molecule has 0 aromatic heterocycles. The van der Waals surface area contributed by atoms with E-state index >= 15 is 0 Å². The summed E-state index contributed by atoms with van der Waals surface area (Å²) in [6.45, 7) is 3.03. The van der Waals surface area contributed by atoms with E-state index in [0.29, 0.717) is 0 Å². The van der Waals surface area contributed by atoms with Gasteiger partial charge in [-0.15, -0.1) is 0 Å². The number of nitrogens with one attached hydrogen (secondary N) is 1. The Morgan fingerprint density at radius 2 is 1.87 bits per heavy atom. The van der Waals surface area contributed by atoms with Crippen LogP contribution < -0.4 is 10.5 Å². The monoisotopic (exact) mass is 336 g/mol. The van der Waals surface area contributed by atoms with E-state index in [1.54, 1.807) is 36.4 Å². The van der Waals surface area contributed by atoms with E-state index in [0.717, 1.165) is 0 Å². The molecular weight excluding hydrogens is 316 g/mol. The zero-order valence-electron chi connectivity index (χ0n) is 12.9. The lowest BCUT2D eigenvalue weighted by atomic mass is 9.70. The fourth-order valence-electron chi connectivity index (χ4n) is 2.61. The Bertz CT molecular complexity index is 754. The zero-order valence-corrected chi connectivity index (χ0v) is 13.7. The Hall–Kier alpha value is -1.96. The van der Waals surface area contributed by atoms with Crippen LogP contribution in [0.5, 0.6) is 0 Å². The van der Waals surface area contributed by atoms with Crippen molar-refractivity contribution in [2.24, 2.45) is 17.1 Å². The number of sulfonamides is 1. The van der Waals surface area contributed by atoms with Crippen molar-refractivity contribution in [2.45, 2.75) is 24.4 Å². The molecule has 1 aromatic carbocycles. The third-order valence-electron chi connectivity index (χ3n) is 3.99. The molecule has 0 bridgehead atoms. The molecule has 1 aliphatic rings. The van der Waals surface area contributed by atoms with Crippen molar-refractivity contribution in [1.29, 1.82) is 0 Å². The molecule has 0 saturated heterocycles. The molecule has 0 spiro atoms. The maximum Gasteiger partial charge on any atom is 0.309 e. The number of carboxylic acid groups (broad SMARTS) is 1. The number of carbonyl (C=O) groups is 1. The van der Waals surface area contributed by atoms with E-state index in [1.807, 2.05) is 0 Å². The fraction of sp³-hybridized carbons (Fsp3) is 0.312. The molecule has 0 amide bonds. The number of nitrogens with two attached hydrogens (primary N) is 1. The van der Waals surface area contributed by atoms with Gasteiger partial charge in [0.1, 0.15) is 5.66 Å². The minimum Gasteiger partial charge on any atom is -0.481 e. The average molecular weight is 336 g/mol. The molecule has 0 radical (unpaired) electrons. The Morgan fingerprint density at radius 3 is 2.43 bits per heavy atom. The van der Waals surface area contributed by atoms with E-state index in [9.17, 15) is 18.3 Å². The molecule has 2 atom stereocenters. The minimum absolute atomic E-state index is 0.0691. The molecule has 23 heavy (non-hydrogen) atoms. The van der Waals surface area contributed by atoms with Gasteiger partial charge in [0.25, 0.3) is 0 Å². The van der Waals surface area contributed by atoms with Crippen molar-refractivity contribution in [2.75, 3.05) is 0 Å². The van der Waals surface area contributed by atoms with Gasteiger partial charge in [-0.3, -0.25) is 4.79 Å². The fourth-order valence-corrected chi connectivity index (χ4v) is 3.91. The SMILES string of the molecule is CC(C)(C(=O)O)C1C=CC=CC1(N)NS(=O)(=O)c1ccccc1. The van der Waals surface area contributed by atoms with Crippen molar-refractivity contribution in [3.05, 3.63) is 54.6 Å². The molecule has 0 fully saturated rings. The molecule has 0 saturated carbocycles. The van der Waals surface area contributed by atoms with Crippen molar-refractivity contribution in [3.8, 4) is 0 Å². The highest BCUT2D eigenvalue weighted by molar-refractivity contribution is 7.89. The Labute approximate surface area is 135 Å². The number of hydrogen-bond acceptors (Lipinski definition) is 4. The van der Waals surface area contributed by atoms with Crippen LogP contribution in [0.4, 0.5) is 0 Å². The molecule has 124 valence electrons. The number of benzene rings is 1. The smallest absolute Gasteiger partial charge is 0.309 e. The number of aliphatic carboxylic acids is 1. The third kappa shape index (κ3) is 3.36. The molecule has 1 aromatic rings. The van der Waals surface area contributed by atoms with E-state index in [2.05, 4.69) is 4.72 Å². The molecule has 7 heteroatoms. The number of carboxylic acids is 1. The van der Waals surface area contributed by atoms with Crippen molar-refractivity contribution in [1.82, 2.24) is 4.72 Å². The highest BCUT2D eigenvalue weighted by Gasteiger charge is 2.48. The van der Waals surface area contributed by atoms with Crippen LogP contribution in [-0.2, 0) is 14.8 Å². The van der Waals surface area contributed by atoms with Crippen LogP contribution in [0.25, 0.3) is 0 Å². The Morgan fingerprint density at radius 1 is 1.26 bits per heavy atom. The summed E-state index contributed by atoms with van der Waals surface area (Å²) in [6, 6.07) is 7.81. The summed E-state index contributed by atoms with van der Waals surface area (Å²) in [5.41, 5.74) is 3.47. The average Bonchev–Trinajstić information content (AvgIpc) is 2.47. The predicted octanol–water partition coefficient (Wildman–Crippen LogP) is 1.47. The summed E-state index contributed by atoms with van der Waals surface area (Å²) >= 11 is 0. The lowest BCUT2D eigenvalue weighted by molar-refractivity contribution is -0.150. The van der Waals surface area contributed by atoms with Gasteiger partial charge >= 0.3 is 5.97 Å². The maximum absolute atomic E-state index is 12.6. The summed E-state index contributed by atoms with van der Waals surface area (Å²) < 4.78 is 27.6. The first kappa shape index (κ1) is 17.4. The molecule has 6 nitrogen and oxygen atoms in total. The molecule has 2 unspecified atom stereocenters. The Kier molecular flexibility index (Phi) is 4.48. The first-order valence-corrected chi connectivity index (χ1v) is 8.55. The standard InChI is InChI=1S/C16H20N2O4S/c1-15(2,14(19)20)13-10-6-7-11-16(13,17)18-23(21,22)12-8-4-3-5-9-12/h3-11,13,18H,17H2,1-2H3,(H,19,20). The van der Waals surface area contributed by atoms with Crippen LogP contribution >= 0.6 is 0 Å². The van der Waals surface area contributed by atoms with Gasteiger partial charge in [0.2, 0.25) is 10.0 Å². The van der Waals surface area contributed by atoms with Gasteiger partial charge < -0.3 is 10.8 Å². The van der Waals surface area contributed by atoms with Gasteiger partial charge in [0, 0.05) is 5.92 Å². The van der Waals surface area contributed by atoms with E-state index in [1.165, 1.54) is 32.1 Å². The number of hydrogen-bond donors (Lipinski definition) is 3. The molecule has 2 rings (SSSR count). The van der Waals surface area contributed by atoms with Crippen LogP contribution in [0.2, 0.25) is 0 Å². The maximum atomic E-state index is 12.6. The quantitative estimate of drug-likeness (QED) is 0.706. The summed E-state index contributed by atoms with van der Waals surface area (Å²) in [5, 5.41) is 9.45. The van der Waals surface area contributed by atoms with Crippen molar-refractivity contribution >= 4 is 16.0 Å². The van der Waals surface area contributed by atoms with Gasteiger partial charge in [-0.1, -0.05) is 36.4 Å². The first-order valence-electron chi connectivity index (χ1n) is 7.07. The van der Waals surface area contributed by atoms with Crippen LogP contribution in [0, 0.1) is 11.3 Å². The second-order valence-corrected chi connectivity index (χ2v) is 7.78. The van der Waals surface area contributed by atoms with E-state index in [4.69, 9.17) is 5.73 Å². The summed E-state index contributed by atoms with van der Waals surface area (Å²) in [5.74, 6) is -1.81. The normalized spacial score (nSPS) is 24.6. The highest BCUT2D eigenvalue weighted by atomic mass is 32.2. The van der Waals surface area contributed by atoms with Gasteiger partial charge in [-0.25, -0.2) is 8.42 Å². The van der Waals surface area contributed by atoms with Crippen LogP contribution in [0.1, 0.15) is 13.8 Å². The van der Waals surface area contributed by atoms with Gasteiger partial charge in [-0.05, 0) is 32.1 Å². The highest BCUT2D eigenvalue weighted by Crippen LogP contribution is 2.37. The molecule has 0 heterocycles. The molecule has 0 aliphatic heterocycles. The largest absolute Gasteiger partial charge is 0.481 e. The summed E-state index contributed by atoms with van der Waals surface area (Å²) in [4.78, 5) is 11.6. The van der Waals surface area contributed by atoms with Crippen molar-refractivity contribution < 1.29 is 18.3 Å². The van der Waals surface area contributed by atoms with Crippen LogP contribution in [0.15, 0.2) is 59.5 Å². The first-order chi connectivity index (χ1) is 10.6. The lowest BCUT2D eigenvalue weighted by Crippen LogP contribution is -2.63. The third-order valence-corrected chi connectivity index (χ3v) is 5.51. The lowest BCUT2D eigenvalue weighted by Gasteiger charge is -2.42. The number of allylic oxidation sites excluding steroid dienone is 2. The second-order valence-electron chi connectivity index (χ2n) is 6.10. The molecule has 4 N–H and O–H groups in total. The van der Waals surface area contributed by atoms with Gasteiger partial charge in [-0.2, -0.15) is 4.72 Å². The molecule has 1 aliphatic carbocycles. The predicted molar refractivity (Wildman–Crippen MR) is 86.9 cm³/mol. The van der Waals surface area contributed by atoms with Crippen molar-refractivity contribution in [3.63, 3.8) is 0 Å². The summed E-state index contributed by atoms with van der Waals surface area (Å²) in [6.07, 6.45) is 6.35. The minimum atomic E-state index is -3.89. The van der Waals surface area contributed by atoms with Gasteiger partial charge in [0.15, 0.2) is 0 Å². The zero-order chi connectivity index (χ0) is 17.3. The second kappa shape index (κ2) is 5.92. The van der Waals surface area contributed by atoms with E-state index in [-0.39, 0.29) is 4.90 Å². The van der Waals surface area contributed by atoms with E-state index < -0.39 is 33.0 Å². The van der Waals surface area contributed by atoms with Gasteiger partial charge in [0.05, 0.1) is 10.3 Å². The van der Waals surface area contributed by atoms with Crippen LogP contribution in [0.3, 0.4) is 0 Å².